The largest absolute Gasteiger partial charge is 0.332 e. The number of nitrogens with one attached hydrogen (secondary N) is 1. The van der Waals surface area contributed by atoms with Crippen LogP contribution in [0.25, 0.3) is 0 Å². The molecule has 0 bridgehead atoms. The highest BCUT2D eigenvalue weighted by Gasteiger charge is 2.15. The van der Waals surface area contributed by atoms with E-state index in [-0.39, 0.29) is 5.91 Å². The molecule has 2 rings (SSSR count). The van der Waals surface area contributed by atoms with Crippen molar-refractivity contribution in [2.24, 2.45) is 0 Å². The molecule has 1 amide bonds. The van der Waals surface area contributed by atoms with E-state index in [1.54, 1.807) is 24.3 Å². The summed E-state index contributed by atoms with van der Waals surface area (Å²) < 4.78 is 0. The molecule has 19 heavy (non-hydrogen) atoms. The number of carbonyl (C=O) groups is 1. The molecular weight excluding hydrogens is 258 g/mol. The van der Waals surface area contributed by atoms with E-state index in [2.05, 4.69) is 5.32 Å². The Kier molecular flexibility index (Phi) is 3.92. The van der Waals surface area contributed by atoms with Crippen LogP contribution in [0.2, 0.25) is 0 Å². The zero-order valence-corrected chi connectivity index (χ0v) is 10.6. The summed E-state index contributed by atoms with van der Waals surface area (Å²) in [7, 11) is 0. The van der Waals surface area contributed by atoms with Crippen LogP contribution in [0.5, 0.6) is 0 Å². The molecule has 0 fully saturated rings. The molecule has 0 spiro atoms. The van der Waals surface area contributed by atoms with Crippen molar-refractivity contribution in [3.63, 3.8) is 0 Å². The van der Waals surface area contributed by atoms with Gasteiger partial charge >= 0.3 is 0 Å². The van der Waals surface area contributed by atoms with Gasteiger partial charge in [0.1, 0.15) is 6.04 Å². The van der Waals surface area contributed by atoms with Crippen LogP contribution in [-0.4, -0.2) is 5.91 Å². The third kappa shape index (κ3) is 2.98. The van der Waals surface area contributed by atoms with Crippen molar-refractivity contribution in [1.29, 1.82) is 10.5 Å². The number of amides is 1. The second kappa shape index (κ2) is 5.81. The Bertz CT molecular complexity index is 665. The van der Waals surface area contributed by atoms with Gasteiger partial charge in [-0.15, -0.1) is 0 Å². The Labute approximate surface area is 114 Å². The van der Waals surface area contributed by atoms with Crippen molar-refractivity contribution in [2.75, 3.05) is 0 Å². The molecule has 1 aromatic carbocycles. The van der Waals surface area contributed by atoms with E-state index >= 15 is 0 Å². The summed E-state index contributed by atoms with van der Waals surface area (Å²) in [5.74, 6) is -0.366. The van der Waals surface area contributed by atoms with Crippen LogP contribution in [0, 0.1) is 22.7 Å². The van der Waals surface area contributed by atoms with Crippen LogP contribution in [0.3, 0.4) is 0 Å². The molecule has 1 unspecified atom stereocenters. The van der Waals surface area contributed by atoms with Gasteiger partial charge in [0.2, 0.25) is 0 Å². The topological polar surface area (TPSA) is 76.7 Å². The van der Waals surface area contributed by atoms with Gasteiger partial charge in [-0.25, -0.2) is 0 Å². The molecule has 5 heteroatoms. The zero-order chi connectivity index (χ0) is 13.7. The van der Waals surface area contributed by atoms with Gasteiger partial charge in [0.25, 0.3) is 5.91 Å². The highest BCUT2D eigenvalue weighted by molar-refractivity contribution is 7.08. The minimum absolute atomic E-state index is 0.366. The van der Waals surface area contributed by atoms with E-state index in [9.17, 15) is 4.79 Å². The number of carbonyl (C=O) groups excluding carboxylic acids is 1. The van der Waals surface area contributed by atoms with Gasteiger partial charge in [-0.3, -0.25) is 4.79 Å². The van der Waals surface area contributed by atoms with Crippen LogP contribution < -0.4 is 5.32 Å². The fourth-order valence-electron chi connectivity index (χ4n) is 1.57. The summed E-state index contributed by atoms with van der Waals surface area (Å²) in [5.41, 5.74) is 1.54. The predicted octanol–water partition coefficient (Wildman–Crippen LogP) is 2.61. The standard InChI is InChI=1S/C14H9N3OS/c15-7-10-2-1-3-11(6-10)14(18)17-13(8-16)12-4-5-19-9-12/h1-6,9,13H,(H,17,18). The lowest BCUT2D eigenvalue weighted by molar-refractivity contribution is 0.0945. The Morgan fingerprint density at radius 1 is 1.32 bits per heavy atom. The highest BCUT2D eigenvalue weighted by Crippen LogP contribution is 2.16. The maximum Gasteiger partial charge on any atom is 0.252 e. The molecule has 2 aromatic rings. The number of benzene rings is 1. The summed E-state index contributed by atoms with van der Waals surface area (Å²) in [6.45, 7) is 0. The van der Waals surface area contributed by atoms with E-state index < -0.39 is 6.04 Å². The lowest BCUT2D eigenvalue weighted by Crippen LogP contribution is -2.27. The van der Waals surface area contributed by atoms with Crippen LogP contribution in [0.1, 0.15) is 27.5 Å². The SMILES string of the molecule is N#Cc1cccc(C(=O)NC(C#N)c2ccsc2)c1. The molecule has 92 valence electrons. The first-order valence-corrected chi connectivity index (χ1v) is 6.41. The van der Waals surface area contributed by atoms with Gasteiger partial charge in [0, 0.05) is 5.56 Å². The Morgan fingerprint density at radius 3 is 2.79 bits per heavy atom. The van der Waals surface area contributed by atoms with E-state index in [0.717, 1.165) is 5.56 Å². The van der Waals surface area contributed by atoms with Gasteiger partial charge in [-0.2, -0.15) is 21.9 Å². The van der Waals surface area contributed by atoms with Crippen molar-refractivity contribution < 1.29 is 4.79 Å². The number of hydrogen-bond donors (Lipinski definition) is 1. The normalized spacial score (nSPS) is 11.1. The van der Waals surface area contributed by atoms with E-state index in [4.69, 9.17) is 10.5 Å². The molecule has 0 radical (unpaired) electrons. The molecule has 1 N–H and O–H groups in total. The second-order valence-electron chi connectivity index (χ2n) is 3.78. The van der Waals surface area contributed by atoms with Gasteiger partial charge in [-0.1, -0.05) is 6.07 Å². The quantitative estimate of drug-likeness (QED) is 0.928. The summed E-state index contributed by atoms with van der Waals surface area (Å²) >= 11 is 1.47. The summed E-state index contributed by atoms with van der Waals surface area (Å²) in [6, 6.07) is 11.5. The zero-order valence-electron chi connectivity index (χ0n) is 9.83. The van der Waals surface area contributed by atoms with Gasteiger partial charge < -0.3 is 5.32 Å². The van der Waals surface area contributed by atoms with Crippen molar-refractivity contribution in [3.05, 3.63) is 57.8 Å². The summed E-state index contributed by atoms with van der Waals surface area (Å²) in [5, 5.41) is 24.2. The number of hydrogen-bond acceptors (Lipinski definition) is 4. The fourth-order valence-corrected chi connectivity index (χ4v) is 2.26. The van der Waals surface area contributed by atoms with E-state index in [1.165, 1.54) is 17.4 Å². The number of rotatable bonds is 3. The Balaban J connectivity index is 2.17. The number of nitriles is 2. The first kappa shape index (κ1) is 12.8. The monoisotopic (exact) mass is 267 g/mol. The summed E-state index contributed by atoms with van der Waals surface area (Å²) in [4.78, 5) is 12.0. The van der Waals surface area contributed by atoms with Crippen molar-refractivity contribution >= 4 is 17.2 Å². The average Bonchev–Trinajstić information content (AvgIpc) is 2.98. The molecular formula is C14H9N3OS. The van der Waals surface area contributed by atoms with Crippen molar-refractivity contribution in [2.45, 2.75) is 6.04 Å². The lowest BCUT2D eigenvalue weighted by Gasteiger charge is -2.10. The fraction of sp³-hybridized carbons (Fsp3) is 0.0714. The maximum absolute atomic E-state index is 12.0. The van der Waals surface area contributed by atoms with Crippen molar-refractivity contribution in [3.8, 4) is 12.1 Å². The molecule has 1 aromatic heterocycles. The minimum atomic E-state index is -0.676. The summed E-state index contributed by atoms with van der Waals surface area (Å²) in [6.07, 6.45) is 0. The van der Waals surface area contributed by atoms with Crippen LogP contribution in [0.4, 0.5) is 0 Å². The minimum Gasteiger partial charge on any atom is -0.332 e. The van der Waals surface area contributed by atoms with Crippen LogP contribution >= 0.6 is 11.3 Å². The van der Waals surface area contributed by atoms with E-state index in [1.807, 2.05) is 22.9 Å². The maximum atomic E-state index is 12.0. The number of thiophene rings is 1. The molecule has 1 atom stereocenters. The first-order chi connectivity index (χ1) is 9.24. The second-order valence-corrected chi connectivity index (χ2v) is 4.56. The highest BCUT2D eigenvalue weighted by atomic mass is 32.1. The van der Waals surface area contributed by atoms with Gasteiger partial charge in [0.05, 0.1) is 17.7 Å². The average molecular weight is 267 g/mol. The molecule has 0 aliphatic carbocycles. The van der Waals surface area contributed by atoms with E-state index in [0.29, 0.717) is 11.1 Å². The predicted molar refractivity (Wildman–Crippen MR) is 71.3 cm³/mol. The van der Waals surface area contributed by atoms with Crippen LogP contribution in [-0.2, 0) is 0 Å². The molecule has 0 saturated carbocycles. The molecule has 4 nitrogen and oxygen atoms in total. The molecule has 1 heterocycles. The Hall–Kier alpha value is -2.63. The van der Waals surface area contributed by atoms with Crippen LogP contribution in [0.15, 0.2) is 41.1 Å². The Morgan fingerprint density at radius 2 is 2.16 bits per heavy atom. The molecule has 0 saturated heterocycles. The third-order valence-corrected chi connectivity index (χ3v) is 3.24. The van der Waals surface area contributed by atoms with Crippen molar-refractivity contribution in [1.82, 2.24) is 5.32 Å². The smallest absolute Gasteiger partial charge is 0.252 e. The third-order valence-electron chi connectivity index (χ3n) is 2.53. The van der Waals surface area contributed by atoms with Gasteiger partial charge in [0.15, 0.2) is 0 Å². The lowest BCUT2D eigenvalue weighted by atomic mass is 10.1. The van der Waals surface area contributed by atoms with Gasteiger partial charge in [-0.05, 0) is 40.6 Å². The first-order valence-electron chi connectivity index (χ1n) is 5.47. The molecule has 0 aliphatic heterocycles. The molecule has 0 aliphatic rings. The number of nitrogens with zero attached hydrogens (tertiary/aromatic N) is 2.